The lowest BCUT2D eigenvalue weighted by Crippen LogP contribution is -2.49. The van der Waals surface area contributed by atoms with Gasteiger partial charge in [-0.05, 0) is 58.9 Å². The molecule has 0 radical (unpaired) electrons. The van der Waals surface area contributed by atoms with Crippen LogP contribution in [0.15, 0.2) is 29.3 Å². The Balaban J connectivity index is 0.00000341. The zero-order chi connectivity index (χ0) is 21.2. The fourth-order valence-corrected chi connectivity index (χ4v) is 3.81. The van der Waals surface area contributed by atoms with Gasteiger partial charge in [0.1, 0.15) is 5.75 Å². The van der Waals surface area contributed by atoms with E-state index >= 15 is 0 Å². The summed E-state index contributed by atoms with van der Waals surface area (Å²) in [5.41, 5.74) is 1.15. The summed E-state index contributed by atoms with van der Waals surface area (Å²) in [6, 6.07) is 8.77. The van der Waals surface area contributed by atoms with Gasteiger partial charge in [0, 0.05) is 37.8 Å². The van der Waals surface area contributed by atoms with Crippen LogP contribution in [0, 0.1) is 0 Å². The van der Waals surface area contributed by atoms with Gasteiger partial charge in [0.2, 0.25) is 0 Å². The van der Waals surface area contributed by atoms with Crippen molar-refractivity contribution in [3.05, 3.63) is 29.8 Å². The number of para-hydroxylation sites is 1. The largest absolute Gasteiger partial charge is 0.490 e. The molecule has 1 aliphatic carbocycles. The fraction of sp³-hybridized carbons (Fsp3) is 0.708. The lowest BCUT2D eigenvalue weighted by molar-refractivity contribution is 0.0532. The smallest absolute Gasteiger partial charge is 0.191 e. The highest BCUT2D eigenvalue weighted by atomic mass is 127. The molecule has 2 fully saturated rings. The van der Waals surface area contributed by atoms with Gasteiger partial charge in [-0.2, -0.15) is 0 Å². The van der Waals surface area contributed by atoms with E-state index in [4.69, 9.17) is 14.5 Å². The third-order valence-electron chi connectivity index (χ3n) is 5.86. The molecular formula is C24H41IN4O2. The number of guanidine groups is 1. The molecule has 1 aromatic rings. The van der Waals surface area contributed by atoms with E-state index in [-0.39, 0.29) is 24.0 Å². The van der Waals surface area contributed by atoms with Crippen molar-refractivity contribution in [3.63, 3.8) is 0 Å². The SMILES string of the molecule is CCNC(=NCc1ccccc1OC1CCC1)NC1CCN(CCOC(C)C)CC1.I. The average Bonchev–Trinajstić information content (AvgIpc) is 2.71. The number of aliphatic imine (C=N–C) groups is 1. The molecule has 2 aliphatic rings. The fourth-order valence-electron chi connectivity index (χ4n) is 3.81. The lowest BCUT2D eigenvalue weighted by Gasteiger charge is -2.33. The number of likely N-dealkylation sites (tertiary alicyclic amines) is 1. The Hall–Kier alpha value is -1.06. The highest BCUT2D eigenvalue weighted by molar-refractivity contribution is 14.0. The van der Waals surface area contributed by atoms with Crippen LogP contribution >= 0.6 is 24.0 Å². The summed E-state index contributed by atoms with van der Waals surface area (Å²) in [6.07, 6.45) is 6.59. The number of halogens is 1. The molecule has 0 aromatic heterocycles. The van der Waals surface area contributed by atoms with Gasteiger partial charge >= 0.3 is 0 Å². The van der Waals surface area contributed by atoms with Gasteiger partial charge in [0.05, 0.1) is 25.4 Å². The lowest BCUT2D eigenvalue weighted by atomic mass is 9.96. The van der Waals surface area contributed by atoms with E-state index in [2.05, 4.69) is 54.5 Å². The van der Waals surface area contributed by atoms with Crippen LogP contribution in [-0.4, -0.2) is 61.9 Å². The number of piperidine rings is 1. The molecule has 7 heteroatoms. The zero-order valence-corrected chi connectivity index (χ0v) is 21.8. The summed E-state index contributed by atoms with van der Waals surface area (Å²) < 4.78 is 11.8. The van der Waals surface area contributed by atoms with E-state index in [1.807, 2.05) is 6.07 Å². The number of nitrogens with one attached hydrogen (secondary N) is 2. The minimum Gasteiger partial charge on any atom is -0.490 e. The molecule has 3 rings (SSSR count). The molecule has 0 atom stereocenters. The van der Waals surface area contributed by atoms with Crippen molar-refractivity contribution >= 4 is 29.9 Å². The van der Waals surface area contributed by atoms with Gasteiger partial charge in [0.25, 0.3) is 0 Å². The van der Waals surface area contributed by atoms with Gasteiger partial charge in [-0.25, -0.2) is 4.99 Å². The molecule has 2 N–H and O–H groups in total. The molecule has 1 aromatic carbocycles. The molecule has 1 saturated carbocycles. The van der Waals surface area contributed by atoms with Crippen LogP contribution in [0.3, 0.4) is 0 Å². The summed E-state index contributed by atoms with van der Waals surface area (Å²) >= 11 is 0. The van der Waals surface area contributed by atoms with Crippen molar-refractivity contribution in [1.82, 2.24) is 15.5 Å². The highest BCUT2D eigenvalue weighted by Crippen LogP contribution is 2.27. The summed E-state index contributed by atoms with van der Waals surface area (Å²) in [6.45, 7) is 11.8. The predicted octanol–water partition coefficient (Wildman–Crippen LogP) is 4.18. The molecule has 1 aliphatic heterocycles. The number of hydrogen-bond acceptors (Lipinski definition) is 4. The quantitative estimate of drug-likeness (QED) is 0.263. The van der Waals surface area contributed by atoms with Gasteiger partial charge in [-0.15, -0.1) is 24.0 Å². The molecule has 176 valence electrons. The Labute approximate surface area is 205 Å². The topological polar surface area (TPSA) is 58.1 Å². The minimum absolute atomic E-state index is 0. The van der Waals surface area contributed by atoms with Gasteiger partial charge < -0.3 is 25.0 Å². The predicted molar refractivity (Wildman–Crippen MR) is 139 cm³/mol. The number of nitrogens with zero attached hydrogens (tertiary/aromatic N) is 2. The summed E-state index contributed by atoms with van der Waals surface area (Å²) in [5.74, 6) is 1.89. The highest BCUT2D eigenvalue weighted by Gasteiger charge is 2.21. The summed E-state index contributed by atoms with van der Waals surface area (Å²) in [5, 5.41) is 7.05. The molecule has 1 saturated heterocycles. The maximum atomic E-state index is 6.16. The van der Waals surface area contributed by atoms with Crippen molar-refractivity contribution in [2.45, 2.75) is 77.7 Å². The second kappa shape index (κ2) is 14.2. The maximum absolute atomic E-state index is 6.16. The first-order chi connectivity index (χ1) is 14.6. The Morgan fingerprint density at radius 1 is 1.16 bits per heavy atom. The van der Waals surface area contributed by atoms with Gasteiger partial charge in [0.15, 0.2) is 5.96 Å². The molecule has 1 heterocycles. The zero-order valence-electron chi connectivity index (χ0n) is 19.4. The standard InChI is InChI=1S/C24H40N4O2.HI/c1-4-25-24(27-21-12-14-28(15-13-21)16-17-29-19(2)3)26-18-20-8-5-6-11-23(20)30-22-9-7-10-22;/h5-6,8,11,19,21-22H,4,7,9-10,12-18H2,1-3H3,(H2,25,26,27);1H. The van der Waals surface area contributed by atoms with E-state index in [1.165, 1.54) is 19.3 Å². The molecular weight excluding hydrogens is 503 g/mol. The Bertz CT molecular complexity index is 659. The molecule has 0 amide bonds. The first kappa shape index (κ1) is 26.2. The van der Waals surface area contributed by atoms with Crippen LogP contribution in [0.5, 0.6) is 5.75 Å². The second-order valence-corrected chi connectivity index (χ2v) is 8.65. The summed E-state index contributed by atoms with van der Waals surface area (Å²) in [4.78, 5) is 7.36. The maximum Gasteiger partial charge on any atom is 0.191 e. The van der Waals surface area contributed by atoms with Gasteiger partial charge in [-0.1, -0.05) is 18.2 Å². The first-order valence-corrected chi connectivity index (χ1v) is 11.8. The van der Waals surface area contributed by atoms with Crippen LogP contribution in [0.1, 0.15) is 58.4 Å². The van der Waals surface area contributed by atoms with Crippen molar-refractivity contribution in [1.29, 1.82) is 0 Å². The van der Waals surface area contributed by atoms with Crippen molar-refractivity contribution in [2.75, 3.05) is 32.8 Å². The van der Waals surface area contributed by atoms with Crippen LogP contribution in [0.25, 0.3) is 0 Å². The Morgan fingerprint density at radius 3 is 2.55 bits per heavy atom. The Kier molecular flexibility index (Phi) is 12.0. The number of benzene rings is 1. The van der Waals surface area contributed by atoms with Crippen LogP contribution in [0.4, 0.5) is 0 Å². The van der Waals surface area contributed by atoms with E-state index in [1.54, 1.807) is 0 Å². The van der Waals surface area contributed by atoms with E-state index < -0.39 is 0 Å². The van der Waals surface area contributed by atoms with Crippen LogP contribution in [0.2, 0.25) is 0 Å². The molecule has 0 bridgehead atoms. The third-order valence-corrected chi connectivity index (χ3v) is 5.86. The minimum atomic E-state index is 0. The van der Waals surface area contributed by atoms with Crippen LogP contribution in [-0.2, 0) is 11.3 Å². The third kappa shape index (κ3) is 9.14. The molecule has 0 spiro atoms. The monoisotopic (exact) mass is 544 g/mol. The Morgan fingerprint density at radius 2 is 1.90 bits per heavy atom. The average molecular weight is 545 g/mol. The summed E-state index contributed by atoms with van der Waals surface area (Å²) in [7, 11) is 0. The number of rotatable bonds is 10. The second-order valence-electron chi connectivity index (χ2n) is 8.65. The normalized spacial score (nSPS) is 18.4. The number of ether oxygens (including phenoxy) is 2. The van der Waals surface area contributed by atoms with E-state index in [0.29, 0.717) is 24.8 Å². The van der Waals surface area contributed by atoms with Crippen molar-refractivity contribution in [2.24, 2.45) is 4.99 Å². The number of hydrogen-bond donors (Lipinski definition) is 2. The molecule has 31 heavy (non-hydrogen) atoms. The van der Waals surface area contributed by atoms with E-state index in [0.717, 1.165) is 62.9 Å². The van der Waals surface area contributed by atoms with Crippen molar-refractivity contribution < 1.29 is 9.47 Å². The van der Waals surface area contributed by atoms with Gasteiger partial charge in [-0.3, -0.25) is 0 Å². The van der Waals surface area contributed by atoms with Crippen LogP contribution < -0.4 is 15.4 Å². The molecule has 0 unspecified atom stereocenters. The molecule has 6 nitrogen and oxygen atoms in total. The first-order valence-electron chi connectivity index (χ1n) is 11.8. The van der Waals surface area contributed by atoms with Crippen molar-refractivity contribution in [3.8, 4) is 5.75 Å². The van der Waals surface area contributed by atoms with E-state index in [9.17, 15) is 0 Å².